The quantitative estimate of drug-likeness (QED) is 0.786. The molecule has 0 aliphatic carbocycles. The molecule has 0 heterocycles. The summed E-state index contributed by atoms with van der Waals surface area (Å²) in [6.07, 6.45) is 0. The average Bonchev–Trinajstić information content (AvgIpc) is 2.60. The zero-order chi connectivity index (χ0) is 18.6. The number of hydrogen-bond donors (Lipinski definition) is 1. The van der Waals surface area contributed by atoms with Gasteiger partial charge in [-0.3, -0.25) is 4.79 Å². The van der Waals surface area contributed by atoms with Crippen molar-refractivity contribution in [2.75, 3.05) is 0 Å². The molecular weight excluding hydrogens is 356 g/mol. The van der Waals surface area contributed by atoms with Crippen molar-refractivity contribution in [3.8, 4) is 0 Å². The molecule has 0 unspecified atom stereocenters. The zero-order valence-corrected chi connectivity index (χ0v) is 13.5. The van der Waals surface area contributed by atoms with Gasteiger partial charge in [0.05, 0.1) is 10.5 Å². The molecule has 0 bridgehead atoms. The monoisotopic (exact) mass is 369 g/mol. The van der Waals surface area contributed by atoms with Crippen LogP contribution < -0.4 is 5.73 Å². The first kappa shape index (κ1) is 18.5. The number of carbonyl (C=O) groups is 2. The summed E-state index contributed by atoms with van der Waals surface area (Å²) in [6, 6.07) is 10.1. The Morgan fingerprint density at radius 1 is 0.960 bits per heavy atom. The summed E-state index contributed by atoms with van der Waals surface area (Å²) in [5.74, 6) is -4.86. The smallest absolute Gasteiger partial charge is 0.341 e. The van der Waals surface area contributed by atoms with E-state index < -0.39 is 32.4 Å². The average molecular weight is 369 g/mol. The van der Waals surface area contributed by atoms with E-state index in [4.69, 9.17) is 10.5 Å². The summed E-state index contributed by atoms with van der Waals surface area (Å²) in [4.78, 5) is 22.3. The maximum atomic E-state index is 12.4. The highest BCUT2D eigenvalue weighted by Crippen LogP contribution is 2.19. The van der Waals surface area contributed by atoms with Crippen LogP contribution in [0.4, 0.5) is 8.78 Å². The Morgan fingerprint density at radius 2 is 1.48 bits per heavy atom. The molecule has 2 rings (SSSR count). The molecule has 0 aliphatic heterocycles. The van der Waals surface area contributed by atoms with Crippen LogP contribution in [-0.4, -0.2) is 26.1 Å². The third kappa shape index (κ3) is 4.38. The molecule has 1 amide bonds. The Balaban J connectivity index is 2.02. The molecule has 0 radical (unpaired) electrons. The molecule has 2 aromatic carbocycles. The number of halogens is 2. The van der Waals surface area contributed by atoms with Gasteiger partial charge in [-0.25, -0.2) is 13.2 Å². The van der Waals surface area contributed by atoms with Crippen molar-refractivity contribution in [2.45, 2.75) is 17.3 Å². The van der Waals surface area contributed by atoms with Gasteiger partial charge >= 0.3 is 11.7 Å². The Hall–Kier alpha value is -2.81. The molecule has 0 atom stereocenters. The molecule has 2 aromatic rings. The third-order valence-electron chi connectivity index (χ3n) is 3.26. The Labute approximate surface area is 142 Å². The van der Waals surface area contributed by atoms with Crippen molar-refractivity contribution in [2.24, 2.45) is 5.73 Å². The van der Waals surface area contributed by atoms with E-state index in [2.05, 4.69) is 0 Å². The minimum atomic E-state index is -4.71. The molecule has 0 spiro atoms. The van der Waals surface area contributed by atoms with Crippen LogP contribution in [0.2, 0.25) is 0 Å². The van der Waals surface area contributed by atoms with Crippen LogP contribution in [0.15, 0.2) is 53.4 Å². The van der Waals surface area contributed by atoms with E-state index in [0.29, 0.717) is 11.1 Å². The minimum absolute atomic E-state index is 0.0157. The van der Waals surface area contributed by atoms with E-state index >= 15 is 0 Å². The number of esters is 1. The lowest BCUT2D eigenvalue weighted by molar-refractivity contribution is 0.0472. The van der Waals surface area contributed by atoms with Crippen molar-refractivity contribution < 1.29 is 31.5 Å². The molecule has 132 valence electrons. The summed E-state index contributed by atoms with van der Waals surface area (Å²) < 4.78 is 52.5. The molecule has 6 nitrogen and oxygen atoms in total. The second-order valence-corrected chi connectivity index (χ2v) is 6.89. The highest BCUT2D eigenvalue weighted by molar-refractivity contribution is 7.91. The molecule has 0 aromatic heterocycles. The first-order valence-electron chi connectivity index (χ1n) is 6.90. The number of primary amides is 1. The van der Waals surface area contributed by atoms with Gasteiger partial charge in [-0.05, 0) is 42.0 Å². The van der Waals surface area contributed by atoms with Crippen LogP contribution in [0, 0.1) is 0 Å². The van der Waals surface area contributed by atoms with Crippen LogP contribution in [0.3, 0.4) is 0 Å². The fraction of sp³-hybridized carbons (Fsp3) is 0.125. The fourth-order valence-electron chi connectivity index (χ4n) is 1.88. The largest absolute Gasteiger partial charge is 0.457 e. The summed E-state index contributed by atoms with van der Waals surface area (Å²) in [5, 5.41) is 0. The first-order chi connectivity index (χ1) is 11.7. The van der Waals surface area contributed by atoms with Crippen molar-refractivity contribution in [3.05, 3.63) is 65.2 Å². The molecule has 0 aliphatic rings. The van der Waals surface area contributed by atoms with Gasteiger partial charge < -0.3 is 10.5 Å². The van der Waals surface area contributed by atoms with Gasteiger partial charge in [0.25, 0.3) is 0 Å². The van der Waals surface area contributed by atoms with E-state index in [0.717, 1.165) is 24.3 Å². The van der Waals surface area contributed by atoms with Crippen LogP contribution in [0.25, 0.3) is 0 Å². The summed E-state index contributed by atoms with van der Waals surface area (Å²) in [5.41, 5.74) is 6.04. The number of hydrogen-bond acceptors (Lipinski definition) is 5. The van der Waals surface area contributed by atoms with Gasteiger partial charge in [-0.15, -0.1) is 0 Å². The normalized spacial score (nSPS) is 11.3. The van der Waals surface area contributed by atoms with Gasteiger partial charge in [-0.2, -0.15) is 8.78 Å². The summed E-state index contributed by atoms with van der Waals surface area (Å²) in [6.45, 7) is -0.0883. The van der Waals surface area contributed by atoms with Gasteiger partial charge in [0.1, 0.15) is 6.61 Å². The molecule has 0 fully saturated rings. The molecule has 0 saturated heterocycles. The summed E-state index contributed by atoms with van der Waals surface area (Å²) in [7, 11) is -4.71. The first-order valence-corrected chi connectivity index (χ1v) is 8.44. The van der Waals surface area contributed by atoms with E-state index in [-0.39, 0.29) is 12.2 Å². The summed E-state index contributed by atoms with van der Waals surface area (Å²) >= 11 is 0. The van der Waals surface area contributed by atoms with Crippen LogP contribution in [0.1, 0.15) is 26.3 Å². The zero-order valence-electron chi connectivity index (χ0n) is 12.7. The van der Waals surface area contributed by atoms with E-state index in [9.17, 15) is 26.8 Å². The molecule has 0 saturated carbocycles. The fourth-order valence-corrected chi connectivity index (χ4v) is 2.60. The molecule has 9 heteroatoms. The number of sulfone groups is 1. The number of ether oxygens (including phenoxy) is 1. The SMILES string of the molecule is NC(=O)c1ccc(COC(=O)c2ccc(S(=O)(=O)C(F)F)cc2)cc1. The van der Waals surface area contributed by atoms with E-state index in [1.807, 2.05) is 0 Å². The Kier molecular flexibility index (Phi) is 5.48. The van der Waals surface area contributed by atoms with Crippen molar-refractivity contribution in [3.63, 3.8) is 0 Å². The topological polar surface area (TPSA) is 104 Å². The minimum Gasteiger partial charge on any atom is -0.457 e. The lowest BCUT2D eigenvalue weighted by Crippen LogP contribution is -2.12. The number of amides is 1. The van der Waals surface area contributed by atoms with Gasteiger partial charge in [0.15, 0.2) is 0 Å². The van der Waals surface area contributed by atoms with Crippen LogP contribution in [0.5, 0.6) is 0 Å². The van der Waals surface area contributed by atoms with Crippen LogP contribution >= 0.6 is 0 Å². The number of alkyl halides is 2. The molecular formula is C16H13F2NO5S. The predicted octanol–water partition coefficient (Wildman–Crippen LogP) is 2.14. The second kappa shape index (κ2) is 7.39. The van der Waals surface area contributed by atoms with Gasteiger partial charge in [-0.1, -0.05) is 12.1 Å². The number of rotatable bonds is 6. The number of benzene rings is 2. The maximum absolute atomic E-state index is 12.4. The Bertz CT molecular complexity index is 878. The van der Waals surface area contributed by atoms with Crippen molar-refractivity contribution in [1.82, 2.24) is 0 Å². The van der Waals surface area contributed by atoms with Gasteiger partial charge in [0.2, 0.25) is 15.7 Å². The highest BCUT2D eigenvalue weighted by Gasteiger charge is 2.26. The number of carbonyl (C=O) groups excluding carboxylic acids is 2. The van der Waals surface area contributed by atoms with E-state index in [1.165, 1.54) is 12.1 Å². The van der Waals surface area contributed by atoms with Crippen molar-refractivity contribution in [1.29, 1.82) is 0 Å². The standard InChI is InChI=1S/C16H13F2NO5S/c17-16(18)25(22,23)13-7-5-12(6-8-13)15(21)24-9-10-1-3-11(4-2-10)14(19)20/h1-8,16H,9H2,(H2,19,20). The molecule has 25 heavy (non-hydrogen) atoms. The van der Waals surface area contributed by atoms with Crippen molar-refractivity contribution >= 4 is 21.7 Å². The lowest BCUT2D eigenvalue weighted by atomic mass is 10.1. The van der Waals surface area contributed by atoms with Gasteiger partial charge in [0, 0.05) is 5.56 Å². The second-order valence-electron chi connectivity index (χ2n) is 4.97. The highest BCUT2D eigenvalue weighted by atomic mass is 32.2. The van der Waals surface area contributed by atoms with Crippen LogP contribution in [-0.2, 0) is 21.2 Å². The Morgan fingerprint density at radius 3 is 1.96 bits per heavy atom. The maximum Gasteiger partial charge on any atom is 0.341 e. The lowest BCUT2D eigenvalue weighted by Gasteiger charge is -2.07. The number of nitrogens with two attached hydrogens (primary N) is 1. The predicted molar refractivity (Wildman–Crippen MR) is 83.7 cm³/mol. The third-order valence-corrected chi connectivity index (χ3v) is 4.66. The van der Waals surface area contributed by atoms with E-state index in [1.54, 1.807) is 12.1 Å². The molecule has 2 N–H and O–H groups in total.